The third-order valence-electron chi connectivity index (χ3n) is 4.77. The molecule has 150 valence electrons. The molecule has 29 heavy (non-hydrogen) atoms. The second-order valence-electron chi connectivity index (χ2n) is 6.84. The van der Waals surface area contributed by atoms with Gasteiger partial charge in [-0.05, 0) is 50.6 Å². The molecule has 1 heterocycles. The Labute approximate surface area is 175 Å². The zero-order chi connectivity index (χ0) is 21.0. The highest BCUT2D eigenvalue weighted by molar-refractivity contribution is 6.31. The minimum Gasteiger partial charge on any atom is -0.326 e. The number of benzene rings is 2. The van der Waals surface area contributed by atoms with Crippen LogP contribution < -0.4 is 10.6 Å². The Hall–Kier alpha value is -3.12. The number of rotatable bonds is 4. The number of aliphatic imine (C=N–C) groups is 1. The minimum absolute atomic E-state index is 0.285. The number of halogens is 1. The fourth-order valence-corrected chi connectivity index (χ4v) is 3.16. The number of anilines is 1. The number of carbonyl (C=O) groups excluding carboxylic acids is 1. The van der Waals surface area contributed by atoms with E-state index < -0.39 is 0 Å². The van der Waals surface area contributed by atoms with Gasteiger partial charge in [-0.15, -0.1) is 0 Å². The Morgan fingerprint density at radius 3 is 2.55 bits per heavy atom. The van der Waals surface area contributed by atoms with Gasteiger partial charge in [-0.2, -0.15) is 5.10 Å². The smallest absolute Gasteiger partial charge is 0.258 e. The predicted molar refractivity (Wildman–Crippen MR) is 118 cm³/mol. The number of para-hydroxylation sites is 1. The third kappa shape index (κ3) is 5.03. The number of nitrogens with one attached hydrogen (secondary N) is 2. The number of aryl methyl sites for hydroxylation is 3. The lowest BCUT2D eigenvalue weighted by Gasteiger charge is -2.14. The topological polar surface area (TPSA) is 71.3 Å². The van der Waals surface area contributed by atoms with Crippen LogP contribution in [0.3, 0.4) is 0 Å². The van der Waals surface area contributed by atoms with Crippen LogP contribution in [0.4, 0.5) is 5.69 Å². The summed E-state index contributed by atoms with van der Waals surface area (Å²) in [6, 6.07) is 14.6. The van der Waals surface area contributed by atoms with Crippen LogP contribution in [0.15, 0.2) is 53.5 Å². The van der Waals surface area contributed by atoms with Crippen molar-refractivity contribution in [3.8, 4) is 0 Å². The van der Waals surface area contributed by atoms with E-state index in [1.165, 1.54) is 0 Å². The van der Waals surface area contributed by atoms with Crippen molar-refractivity contribution in [3.63, 3.8) is 0 Å². The van der Waals surface area contributed by atoms with Crippen molar-refractivity contribution in [2.24, 2.45) is 12.0 Å². The number of guanidine groups is 1. The van der Waals surface area contributed by atoms with E-state index in [4.69, 9.17) is 11.6 Å². The first-order valence-corrected chi connectivity index (χ1v) is 9.66. The summed E-state index contributed by atoms with van der Waals surface area (Å²) in [6.45, 7) is 6.35. The molecule has 0 fully saturated rings. The van der Waals surface area contributed by atoms with Gasteiger partial charge in [0, 0.05) is 34.6 Å². The van der Waals surface area contributed by atoms with Crippen LogP contribution in [0.1, 0.15) is 32.9 Å². The summed E-state index contributed by atoms with van der Waals surface area (Å²) in [5.41, 5.74) is 5.38. The van der Waals surface area contributed by atoms with E-state index in [9.17, 15) is 4.79 Å². The highest BCUT2D eigenvalue weighted by Crippen LogP contribution is 2.16. The molecule has 0 radical (unpaired) electrons. The molecule has 3 rings (SSSR count). The number of amides is 1. The maximum absolute atomic E-state index is 12.7. The molecule has 0 aliphatic rings. The van der Waals surface area contributed by atoms with Gasteiger partial charge in [-0.25, -0.2) is 4.99 Å². The summed E-state index contributed by atoms with van der Waals surface area (Å²) < 4.78 is 1.83. The molecule has 6 nitrogen and oxygen atoms in total. The molecular formula is C22H24ClN5O. The van der Waals surface area contributed by atoms with Crippen molar-refractivity contribution in [1.29, 1.82) is 0 Å². The summed E-state index contributed by atoms with van der Waals surface area (Å²) in [5.74, 6) is 0.0823. The molecule has 0 atom stereocenters. The van der Waals surface area contributed by atoms with Gasteiger partial charge in [0.15, 0.2) is 0 Å². The first kappa shape index (κ1) is 20.6. The third-order valence-corrected chi connectivity index (χ3v) is 5.01. The van der Waals surface area contributed by atoms with E-state index in [-0.39, 0.29) is 5.91 Å². The Bertz CT molecular complexity index is 1070. The molecule has 0 saturated heterocycles. The van der Waals surface area contributed by atoms with Crippen molar-refractivity contribution in [2.45, 2.75) is 27.3 Å². The molecule has 2 N–H and O–H groups in total. The average Bonchev–Trinajstić information content (AvgIpc) is 2.93. The lowest BCUT2D eigenvalue weighted by molar-refractivity contribution is 0.0977. The highest BCUT2D eigenvalue weighted by atomic mass is 35.5. The molecule has 0 unspecified atom stereocenters. The maximum Gasteiger partial charge on any atom is 0.258 e. The molecule has 0 bridgehead atoms. The van der Waals surface area contributed by atoms with Crippen LogP contribution in [0.25, 0.3) is 0 Å². The van der Waals surface area contributed by atoms with E-state index in [0.29, 0.717) is 23.1 Å². The van der Waals surface area contributed by atoms with Crippen LogP contribution >= 0.6 is 11.6 Å². The van der Waals surface area contributed by atoms with Gasteiger partial charge >= 0.3 is 0 Å². The first-order chi connectivity index (χ1) is 13.8. The van der Waals surface area contributed by atoms with E-state index in [2.05, 4.69) is 20.7 Å². The Morgan fingerprint density at radius 2 is 1.90 bits per heavy atom. The summed E-state index contributed by atoms with van der Waals surface area (Å²) in [7, 11) is 1.91. The molecule has 2 aromatic carbocycles. The molecule has 0 aliphatic heterocycles. The van der Waals surface area contributed by atoms with E-state index in [1.54, 1.807) is 24.3 Å². The molecule has 1 aromatic heterocycles. The monoisotopic (exact) mass is 409 g/mol. The molecule has 0 spiro atoms. The molecule has 0 aliphatic carbocycles. The predicted octanol–water partition coefficient (Wildman–Crippen LogP) is 4.40. The highest BCUT2D eigenvalue weighted by Gasteiger charge is 2.13. The average molecular weight is 410 g/mol. The molecule has 1 amide bonds. The number of carbonyl (C=O) groups is 1. The summed E-state index contributed by atoms with van der Waals surface area (Å²) in [6.07, 6.45) is 0. The summed E-state index contributed by atoms with van der Waals surface area (Å²) in [5, 5.41) is 11.0. The Balaban J connectivity index is 1.88. The summed E-state index contributed by atoms with van der Waals surface area (Å²) in [4.78, 5) is 17.4. The lowest BCUT2D eigenvalue weighted by Crippen LogP contribution is -2.36. The van der Waals surface area contributed by atoms with E-state index in [1.807, 2.05) is 56.8 Å². The molecule has 0 saturated carbocycles. The van der Waals surface area contributed by atoms with E-state index in [0.717, 1.165) is 28.2 Å². The Kier molecular flexibility index (Phi) is 6.34. The van der Waals surface area contributed by atoms with Gasteiger partial charge in [0.05, 0.1) is 12.2 Å². The van der Waals surface area contributed by atoms with Gasteiger partial charge < -0.3 is 5.32 Å². The van der Waals surface area contributed by atoms with Gasteiger partial charge in [0.1, 0.15) is 0 Å². The number of hydrogen-bond acceptors (Lipinski definition) is 3. The van der Waals surface area contributed by atoms with Crippen LogP contribution in [0.2, 0.25) is 5.02 Å². The largest absolute Gasteiger partial charge is 0.326 e. The molecular weight excluding hydrogens is 386 g/mol. The zero-order valence-electron chi connectivity index (χ0n) is 17.0. The molecule has 7 heteroatoms. The SMILES string of the molecule is Cc1ccccc1NC(=NCc1c(C)nn(C)c1C)NC(=O)c1cccc(Cl)c1. The second-order valence-corrected chi connectivity index (χ2v) is 7.28. The standard InChI is InChI=1S/C22H24ClN5O/c1-14-8-5-6-11-20(14)25-22(24-13-19-15(2)27-28(4)16(19)3)26-21(29)17-9-7-10-18(23)12-17/h5-12H,13H2,1-4H3,(H2,24,25,26,29). The molecule has 3 aromatic rings. The quantitative estimate of drug-likeness (QED) is 0.495. The van der Waals surface area contributed by atoms with Crippen LogP contribution in [-0.2, 0) is 13.6 Å². The van der Waals surface area contributed by atoms with Crippen molar-refractivity contribution in [3.05, 3.63) is 81.6 Å². The number of aromatic nitrogens is 2. The van der Waals surface area contributed by atoms with Gasteiger partial charge in [0.25, 0.3) is 5.91 Å². The van der Waals surface area contributed by atoms with Gasteiger partial charge in [-0.1, -0.05) is 35.9 Å². The second kappa shape index (κ2) is 8.92. The maximum atomic E-state index is 12.7. The fraction of sp³-hybridized carbons (Fsp3) is 0.227. The van der Waals surface area contributed by atoms with Crippen molar-refractivity contribution in [2.75, 3.05) is 5.32 Å². The number of hydrogen-bond donors (Lipinski definition) is 2. The Morgan fingerprint density at radius 1 is 1.14 bits per heavy atom. The van der Waals surface area contributed by atoms with Crippen molar-refractivity contribution in [1.82, 2.24) is 15.1 Å². The fourth-order valence-electron chi connectivity index (χ4n) is 2.96. The lowest BCUT2D eigenvalue weighted by atomic mass is 10.2. The summed E-state index contributed by atoms with van der Waals surface area (Å²) >= 11 is 6.02. The van der Waals surface area contributed by atoms with Crippen molar-refractivity contribution >= 4 is 29.2 Å². The number of nitrogens with zero attached hydrogens (tertiary/aromatic N) is 3. The van der Waals surface area contributed by atoms with Crippen molar-refractivity contribution < 1.29 is 4.79 Å². The first-order valence-electron chi connectivity index (χ1n) is 9.28. The van der Waals surface area contributed by atoms with Crippen LogP contribution in [-0.4, -0.2) is 21.6 Å². The minimum atomic E-state index is -0.285. The van der Waals surface area contributed by atoms with Gasteiger partial charge in [-0.3, -0.25) is 14.8 Å². The van der Waals surface area contributed by atoms with E-state index >= 15 is 0 Å². The normalized spacial score (nSPS) is 11.4. The zero-order valence-corrected chi connectivity index (χ0v) is 17.7. The van der Waals surface area contributed by atoms with Crippen LogP contribution in [0.5, 0.6) is 0 Å². The van der Waals surface area contributed by atoms with Gasteiger partial charge in [0.2, 0.25) is 5.96 Å². The van der Waals surface area contributed by atoms with Crippen LogP contribution in [0, 0.1) is 20.8 Å².